The van der Waals surface area contributed by atoms with Crippen LogP contribution in [0.3, 0.4) is 0 Å². The monoisotopic (exact) mass is 208 g/mol. The fraction of sp³-hybridized carbons (Fsp3) is 0.769. The van der Waals surface area contributed by atoms with Gasteiger partial charge in [0.2, 0.25) is 0 Å². The predicted molar refractivity (Wildman–Crippen MR) is 59.4 cm³/mol. The van der Waals surface area contributed by atoms with Gasteiger partial charge in [-0.15, -0.1) is 0 Å². The lowest BCUT2D eigenvalue weighted by molar-refractivity contribution is -0.160. The Bertz CT molecular complexity index is 244. The summed E-state index contributed by atoms with van der Waals surface area (Å²) in [7, 11) is 0. The van der Waals surface area contributed by atoms with Gasteiger partial charge in [-0.1, -0.05) is 19.4 Å². The molecule has 3 aliphatic rings. The minimum absolute atomic E-state index is 0.137. The molecule has 0 N–H and O–H groups in total. The molecule has 2 bridgehead atoms. The Morgan fingerprint density at radius 2 is 1.93 bits per heavy atom. The van der Waals surface area contributed by atoms with Gasteiger partial charge in [-0.25, -0.2) is 4.79 Å². The van der Waals surface area contributed by atoms with Gasteiger partial charge in [0, 0.05) is 6.08 Å². The first-order chi connectivity index (χ1) is 7.24. The number of carbonyl (C=O) groups excluding carboxylic acids is 1. The highest BCUT2D eigenvalue weighted by molar-refractivity contribution is 5.81. The van der Waals surface area contributed by atoms with Crippen molar-refractivity contribution < 1.29 is 9.53 Å². The Hall–Kier alpha value is -0.790. The summed E-state index contributed by atoms with van der Waals surface area (Å²) >= 11 is 0. The van der Waals surface area contributed by atoms with Crippen molar-refractivity contribution in [2.45, 2.75) is 57.0 Å². The topological polar surface area (TPSA) is 26.3 Å². The Morgan fingerprint density at radius 3 is 2.60 bits per heavy atom. The standard InChI is InChI=1S/C13H20O2/c1-2-12(14)15-13-8-4-3-5-11(6-9-13)7-10-13/h2,11H,1,3-10H2. The van der Waals surface area contributed by atoms with Crippen LogP contribution in [0.2, 0.25) is 0 Å². The van der Waals surface area contributed by atoms with Crippen LogP contribution in [-0.2, 0) is 9.53 Å². The van der Waals surface area contributed by atoms with Crippen LogP contribution in [-0.4, -0.2) is 11.6 Å². The predicted octanol–water partition coefficient (Wildman–Crippen LogP) is 3.22. The van der Waals surface area contributed by atoms with E-state index in [2.05, 4.69) is 6.58 Å². The molecule has 15 heavy (non-hydrogen) atoms. The highest BCUT2D eigenvalue weighted by Crippen LogP contribution is 2.42. The van der Waals surface area contributed by atoms with Crippen LogP contribution < -0.4 is 0 Å². The van der Waals surface area contributed by atoms with Crippen LogP contribution in [0.1, 0.15) is 51.4 Å². The molecule has 3 saturated carbocycles. The van der Waals surface area contributed by atoms with Crippen molar-refractivity contribution >= 4 is 5.97 Å². The number of fused-ring (bicyclic) bond motifs is 5. The van der Waals surface area contributed by atoms with Crippen molar-refractivity contribution in [3.8, 4) is 0 Å². The van der Waals surface area contributed by atoms with E-state index >= 15 is 0 Å². The summed E-state index contributed by atoms with van der Waals surface area (Å²) < 4.78 is 5.59. The molecule has 0 unspecified atom stereocenters. The maximum absolute atomic E-state index is 11.3. The summed E-state index contributed by atoms with van der Waals surface area (Å²) in [6.07, 6.45) is 10.9. The average Bonchev–Trinajstić information content (AvgIpc) is 2.21. The summed E-state index contributed by atoms with van der Waals surface area (Å²) in [4.78, 5) is 11.3. The molecule has 0 aromatic rings. The summed E-state index contributed by atoms with van der Waals surface area (Å²) in [6.45, 7) is 3.47. The second kappa shape index (κ2) is 4.38. The highest BCUT2D eigenvalue weighted by Gasteiger charge is 2.39. The minimum atomic E-state index is -0.242. The third kappa shape index (κ3) is 2.42. The van der Waals surface area contributed by atoms with E-state index in [4.69, 9.17) is 4.74 Å². The summed E-state index contributed by atoms with van der Waals surface area (Å²) in [5.74, 6) is 0.648. The lowest BCUT2D eigenvalue weighted by Crippen LogP contribution is -2.40. The van der Waals surface area contributed by atoms with Crippen molar-refractivity contribution in [3.05, 3.63) is 12.7 Å². The first kappa shape index (κ1) is 10.7. The lowest BCUT2D eigenvalue weighted by atomic mass is 9.72. The zero-order chi connectivity index (χ0) is 10.7. The lowest BCUT2D eigenvalue weighted by Gasteiger charge is -2.41. The molecule has 2 heteroatoms. The number of rotatable bonds is 2. The Kier molecular flexibility index (Phi) is 3.13. The summed E-state index contributed by atoms with van der Waals surface area (Å²) in [5, 5.41) is 0. The van der Waals surface area contributed by atoms with E-state index in [-0.39, 0.29) is 11.6 Å². The molecule has 3 rings (SSSR count). The molecular formula is C13H20O2. The van der Waals surface area contributed by atoms with Gasteiger partial charge in [0.05, 0.1) is 0 Å². The first-order valence-corrected chi connectivity index (χ1v) is 6.09. The van der Waals surface area contributed by atoms with E-state index in [9.17, 15) is 4.79 Å². The minimum Gasteiger partial charge on any atom is -0.456 e. The van der Waals surface area contributed by atoms with Crippen LogP contribution in [0, 0.1) is 5.92 Å². The molecule has 0 amide bonds. The molecular weight excluding hydrogens is 188 g/mol. The highest BCUT2D eigenvalue weighted by atomic mass is 16.6. The number of ether oxygens (including phenoxy) is 1. The van der Waals surface area contributed by atoms with Gasteiger partial charge in [0.1, 0.15) is 5.60 Å². The van der Waals surface area contributed by atoms with Crippen LogP contribution in [0.5, 0.6) is 0 Å². The molecule has 0 saturated heterocycles. The molecule has 3 aliphatic carbocycles. The average molecular weight is 208 g/mol. The molecule has 84 valence electrons. The van der Waals surface area contributed by atoms with Gasteiger partial charge < -0.3 is 4.74 Å². The smallest absolute Gasteiger partial charge is 0.330 e. The fourth-order valence-corrected chi connectivity index (χ4v) is 3.03. The summed E-state index contributed by atoms with van der Waals surface area (Å²) in [5.41, 5.74) is -0.137. The second-order valence-electron chi connectivity index (χ2n) is 5.00. The van der Waals surface area contributed by atoms with Crippen molar-refractivity contribution in [1.29, 1.82) is 0 Å². The fourth-order valence-electron chi connectivity index (χ4n) is 3.03. The molecule has 0 atom stereocenters. The van der Waals surface area contributed by atoms with Crippen LogP contribution in [0.4, 0.5) is 0 Å². The maximum atomic E-state index is 11.3. The molecule has 0 aromatic heterocycles. The third-order valence-corrected chi connectivity index (χ3v) is 3.99. The van der Waals surface area contributed by atoms with Gasteiger partial charge in [-0.2, -0.15) is 0 Å². The van der Waals surface area contributed by atoms with Crippen molar-refractivity contribution in [3.63, 3.8) is 0 Å². The SMILES string of the molecule is C=CC(=O)OC12CCCCC(CC1)CC2. The molecule has 0 aliphatic heterocycles. The van der Waals surface area contributed by atoms with Crippen LogP contribution in [0.25, 0.3) is 0 Å². The Labute approximate surface area is 91.7 Å². The van der Waals surface area contributed by atoms with Gasteiger partial charge in [-0.3, -0.25) is 0 Å². The van der Waals surface area contributed by atoms with Crippen molar-refractivity contribution in [2.24, 2.45) is 5.92 Å². The zero-order valence-electron chi connectivity index (χ0n) is 9.34. The van der Waals surface area contributed by atoms with Gasteiger partial charge >= 0.3 is 5.97 Å². The van der Waals surface area contributed by atoms with E-state index < -0.39 is 0 Å². The zero-order valence-corrected chi connectivity index (χ0v) is 9.34. The van der Waals surface area contributed by atoms with E-state index in [1.807, 2.05) is 0 Å². The van der Waals surface area contributed by atoms with Gasteiger partial charge in [0.15, 0.2) is 0 Å². The summed E-state index contributed by atoms with van der Waals surface area (Å²) in [6, 6.07) is 0. The normalized spacial score (nSPS) is 35.3. The number of hydrogen-bond acceptors (Lipinski definition) is 2. The molecule has 0 aromatic carbocycles. The van der Waals surface area contributed by atoms with E-state index in [1.165, 1.54) is 38.2 Å². The largest absolute Gasteiger partial charge is 0.456 e. The van der Waals surface area contributed by atoms with Gasteiger partial charge in [0.25, 0.3) is 0 Å². The van der Waals surface area contributed by atoms with Crippen molar-refractivity contribution in [2.75, 3.05) is 0 Å². The van der Waals surface area contributed by atoms with E-state index in [0.29, 0.717) is 0 Å². The Balaban J connectivity index is 2.04. The van der Waals surface area contributed by atoms with E-state index in [0.717, 1.165) is 25.2 Å². The molecule has 2 nitrogen and oxygen atoms in total. The number of esters is 1. The quantitative estimate of drug-likeness (QED) is 0.514. The number of hydrogen-bond donors (Lipinski definition) is 0. The third-order valence-electron chi connectivity index (χ3n) is 3.99. The first-order valence-electron chi connectivity index (χ1n) is 6.09. The van der Waals surface area contributed by atoms with Gasteiger partial charge in [-0.05, 0) is 44.4 Å². The Morgan fingerprint density at radius 1 is 1.20 bits per heavy atom. The van der Waals surface area contributed by atoms with Crippen LogP contribution >= 0.6 is 0 Å². The number of carbonyl (C=O) groups is 1. The molecule has 0 spiro atoms. The molecule has 3 fully saturated rings. The van der Waals surface area contributed by atoms with E-state index in [1.54, 1.807) is 0 Å². The second-order valence-corrected chi connectivity index (χ2v) is 5.00. The molecule has 0 radical (unpaired) electrons. The molecule has 0 heterocycles. The van der Waals surface area contributed by atoms with Crippen LogP contribution in [0.15, 0.2) is 12.7 Å². The van der Waals surface area contributed by atoms with Crippen molar-refractivity contribution in [1.82, 2.24) is 0 Å². The maximum Gasteiger partial charge on any atom is 0.330 e.